The quantitative estimate of drug-likeness (QED) is 0.425. The molecule has 0 bridgehead atoms. The van der Waals surface area contributed by atoms with Gasteiger partial charge in [-0.2, -0.15) is 0 Å². The van der Waals surface area contributed by atoms with E-state index in [2.05, 4.69) is 0 Å². The van der Waals surface area contributed by atoms with Crippen LogP contribution < -0.4 is 0 Å². The second-order valence-electron chi connectivity index (χ2n) is 8.05. The lowest BCUT2D eigenvalue weighted by Gasteiger charge is -2.36. The summed E-state index contributed by atoms with van der Waals surface area (Å²) >= 11 is 1.42. The van der Waals surface area contributed by atoms with E-state index in [4.69, 9.17) is 14.5 Å². The number of nitro groups is 1. The van der Waals surface area contributed by atoms with Crippen LogP contribution in [0.3, 0.4) is 0 Å². The Morgan fingerprint density at radius 1 is 1.50 bits per heavy atom. The van der Waals surface area contributed by atoms with Gasteiger partial charge >= 0.3 is 5.97 Å². The molecular weight excluding hydrogens is 387 g/mol. The molecule has 1 aromatic rings. The van der Waals surface area contributed by atoms with Gasteiger partial charge in [0.15, 0.2) is 0 Å². The third kappa shape index (κ3) is 4.05. The minimum atomic E-state index is -1.09. The summed E-state index contributed by atoms with van der Waals surface area (Å²) in [5.41, 5.74) is -1.77. The Hall–Kier alpha value is -2.00. The first kappa shape index (κ1) is 20.7. The molecule has 28 heavy (non-hydrogen) atoms. The summed E-state index contributed by atoms with van der Waals surface area (Å²) in [6.45, 7) is 7.33. The van der Waals surface area contributed by atoms with Crippen LogP contribution in [0, 0.1) is 21.8 Å². The number of nitrogens with zero attached hydrogens (tertiary/aromatic N) is 2. The van der Waals surface area contributed by atoms with E-state index in [0.717, 1.165) is 12.1 Å². The molecule has 152 valence electrons. The molecule has 0 aliphatic carbocycles. The minimum Gasteiger partial charge on any atom is -0.460 e. The first-order valence-corrected chi connectivity index (χ1v) is 10.00. The molecule has 0 N–H and O–H groups in total. The number of benzene rings is 1. The van der Waals surface area contributed by atoms with Crippen LogP contribution in [0.2, 0.25) is 0 Å². The Kier molecular flexibility index (Phi) is 5.51. The van der Waals surface area contributed by atoms with Crippen LogP contribution in [0.1, 0.15) is 39.7 Å². The summed E-state index contributed by atoms with van der Waals surface area (Å²) in [4.78, 5) is 27.6. The topological polar surface area (TPSA) is 91.0 Å². The highest BCUT2D eigenvalue weighted by molar-refractivity contribution is 8.14. The second-order valence-corrected chi connectivity index (χ2v) is 9.14. The van der Waals surface area contributed by atoms with Gasteiger partial charge in [0.25, 0.3) is 5.69 Å². The standard InChI is InChI=1S/C19H23FN2O5S/c1-11-14-9-28-16(8-17(23)27-18(2,3)4)21-19(14,10-26-11)13-7-12(22(24)25)5-6-15(13)20/h5-7,11,14H,8-10H2,1-4H3/t11-,14-,19-/m1/s1. The van der Waals surface area contributed by atoms with E-state index in [1.54, 1.807) is 20.8 Å². The van der Waals surface area contributed by atoms with Crippen molar-refractivity contribution in [1.29, 1.82) is 0 Å². The van der Waals surface area contributed by atoms with Crippen LogP contribution in [0.4, 0.5) is 10.1 Å². The molecule has 2 aliphatic heterocycles. The Morgan fingerprint density at radius 2 is 2.21 bits per heavy atom. The van der Waals surface area contributed by atoms with Crippen molar-refractivity contribution >= 4 is 28.5 Å². The van der Waals surface area contributed by atoms with Crippen molar-refractivity contribution in [1.82, 2.24) is 0 Å². The van der Waals surface area contributed by atoms with Crippen molar-refractivity contribution in [2.24, 2.45) is 10.9 Å². The van der Waals surface area contributed by atoms with Crippen LogP contribution in [0.5, 0.6) is 0 Å². The van der Waals surface area contributed by atoms with Gasteiger partial charge < -0.3 is 9.47 Å². The zero-order valence-corrected chi connectivity index (χ0v) is 17.0. The average Bonchev–Trinajstić information content (AvgIpc) is 2.90. The fraction of sp³-hybridized carbons (Fsp3) is 0.579. The number of hydrogen-bond donors (Lipinski definition) is 0. The summed E-state index contributed by atoms with van der Waals surface area (Å²) in [6.07, 6.45) is -0.209. The maximum Gasteiger partial charge on any atom is 0.312 e. The van der Waals surface area contributed by atoms with Gasteiger partial charge in [-0.25, -0.2) is 4.39 Å². The molecule has 9 heteroatoms. The molecular formula is C19H23FN2O5S. The second kappa shape index (κ2) is 7.44. The number of non-ortho nitro benzene ring substituents is 1. The highest BCUT2D eigenvalue weighted by Crippen LogP contribution is 2.49. The number of nitro benzene ring substituents is 1. The number of hydrogen-bond acceptors (Lipinski definition) is 7. The van der Waals surface area contributed by atoms with Gasteiger partial charge in [0.2, 0.25) is 0 Å². The number of esters is 1. The number of carbonyl (C=O) groups is 1. The number of aliphatic imine (C=N–C) groups is 1. The molecule has 2 aliphatic rings. The van der Waals surface area contributed by atoms with Crippen molar-refractivity contribution in [3.8, 4) is 0 Å². The molecule has 3 atom stereocenters. The fourth-order valence-corrected chi connectivity index (χ4v) is 4.95. The van der Waals surface area contributed by atoms with Gasteiger partial charge in [0.05, 0.1) is 29.1 Å². The van der Waals surface area contributed by atoms with Crippen LogP contribution >= 0.6 is 11.8 Å². The van der Waals surface area contributed by atoms with E-state index in [-0.39, 0.29) is 36.3 Å². The summed E-state index contributed by atoms with van der Waals surface area (Å²) in [7, 11) is 0. The zero-order valence-electron chi connectivity index (χ0n) is 16.2. The Labute approximate surface area is 166 Å². The fourth-order valence-electron chi connectivity index (χ4n) is 3.59. The maximum atomic E-state index is 14.7. The minimum absolute atomic E-state index is 0.0265. The van der Waals surface area contributed by atoms with Gasteiger partial charge in [-0.05, 0) is 33.8 Å². The van der Waals surface area contributed by atoms with Crippen LogP contribution in [0.25, 0.3) is 0 Å². The Morgan fingerprint density at radius 3 is 2.86 bits per heavy atom. The van der Waals surface area contributed by atoms with Gasteiger partial charge in [0, 0.05) is 29.4 Å². The molecule has 0 amide bonds. The third-order valence-electron chi connectivity index (χ3n) is 4.84. The first-order chi connectivity index (χ1) is 13.0. The lowest BCUT2D eigenvalue weighted by atomic mass is 9.79. The Bertz CT molecular complexity index is 838. The van der Waals surface area contributed by atoms with Crippen LogP contribution in [0.15, 0.2) is 23.2 Å². The van der Waals surface area contributed by atoms with E-state index in [1.807, 2.05) is 6.92 Å². The van der Waals surface area contributed by atoms with Crippen molar-refractivity contribution in [3.63, 3.8) is 0 Å². The van der Waals surface area contributed by atoms with Gasteiger partial charge in [0.1, 0.15) is 17.0 Å². The molecule has 0 saturated carbocycles. The van der Waals surface area contributed by atoms with Crippen molar-refractivity contribution in [2.75, 3.05) is 12.4 Å². The molecule has 3 rings (SSSR count). The molecule has 2 heterocycles. The van der Waals surface area contributed by atoms with Gasteiger partial charge in [-0.1, -0.05) is 0 Å². The van der Waals surface area contributed by atoms with E-state index in [1.165, 1.54) is 17.8 Å². The number of carbonyl (C=O) groups excluding carboxylic acids is 1. The summed E-state index contributed by atoms with van der Waals surface area (Å²) in [6, 6.07) is 3.45. The molecule has 7 nitrogen and oxygen atoms in total. The number of thioether (sulfide) groups is 1. The van der Waals surface area contributed by atoms with Crippen molar-refractivity contribution < 1.29 is 23.6 Å². The van der Waals surface area contributed by atoms with E-state index < -0.39 is 27.8 Å². The predicted octanol–water partition coefficient (Wildman–Crippen LogP) is 3.84. The zero-order chi connectivity index (χ0) is 20.7. The van der Waals surface area contributed by atoms with E-state index >= 15 is 0 Å². The van der Waals surface area contributed by atoms with E-state index in [0.29, 0.717) is 10.8 Å². The molecule has 0 radical (unpaired) electrons. The highest BCUT2D eigenvalue weighted by atomic mass is 32.2. The first-order valence-electron chi connectivity index (χ1n) is 9.01. The molecule has 0 spiro atoms. The molecule has 1 saturated heterocycles. The largest absolute Gasteiger partial charge is 0.460 e. The average molecular weight is 410 g/mol. The van der Waals surface area contributed by atoms with Crippen LogP contribution in [-0.2, 0) is 19.8 Å². The number of ether oxygens (including phenoxy) is 2. The number of halogens is 1. The summed E-state index contributed by atoms with van der Waals surface area (Å²) < 4.78 is 25.9. The summed E-state index contributed by atoms with van der Waals surface area (Å²) in [5, 5.41) is 11.7. The normalized spacial score (nSPS) is 27.1. The van der Waals surface area contributed by atoms with E-state index in [9.17, 15) is 19.3 Å². The molecule has 1 aromatic carbocycles. The molecule has 0 aromatic heterocycles. The molecule has 0 unspecified atom stereocenters. The monoisotopic (exact) mass is 410 g/mol. The SMILES string of the molecule is C[C@H]1OC[C@]2(c3cc([N+](=O)[O-])ccc3F)N=C(CC(=O)OC(C)(C)C)SC[C@H]12. The highest BCUT2D eigenvalue weighted by Gasteiger charge is 2.53. The number of rotatable bonds is 4. The van der Waals surface area contributed by atoms with Gasteiger partial charge in [-0.3, -0.25) is 19.9 Å². The third-order valence-corrected chi connectivity index (χ3v) is 5.94. The van der Waals surface area contributed by atoms with Crippen LogP contribution in [-0.4, -0.2) is 40.0 Å². The number of fused-ring (bicyclic) bond motifs is 1. The molecule has 1 fully saturated rings. The lowest BCUT2D eigenvalue weighted by Crippen LogP contribution is -2.41. The Balaban J connectivity index is 2.01. The lowest BCUT2D eigenvalue weighted by molar-refractivity contribution is -0.385. The smallest absolute Gasteiger partial charge is 0.312 e. The van der Waals surface area contributed by atoms with Crippen molar-refractivity contribution in [2.45, 2.75) is 51.4 Å². The van der Waals surface area contributed by atoms with Gasteiger partial charge in [-0.15, -0.1) is 11.8 Å². The summed E-state index contributed by atoms with van der Waals surface area (Å²) in [5.74, 6) is -0.568. The maximum absolute atomic E-state index is 14.7. The predicted molar refractivity (Wildman–Crippen MR) is 104 cm³/mol. The van der Waals surface area contributed by atoms with Crippen molar-refractivity contribution in [3.05, 3.63) is 39.7 Å².